The second-order valence-electron chi connectivity index (χ2n) is 5.65. The van der Waals surface area contributed by atoms with Gasteiger partial charge in [-0.05, 0) is 17.7 Å². The molecule has 0 unspecified atom stereocenters. The number of aromatic nitrogens is 3. The van der Waals surface area contributed by atoms with Gasteiger partial charge in [-0.25, -0.2) is 4.99 Å². The van der Waals surface area contributed by atoms with Crippen molar-refractivity contribution in [3.8, 4) is 5.75 Å². The predicted molar refractivity (Wildman–Crippen MR) is 101 cm³/mol. The van der Waals surface area contributed by atoms with E-state index in [1.807, 2.05) is 28.8 Å². The van der Waals surface area contributed by atoms with Crippen LogP contribution in [0.15, 0.2) is 35.6 Å². The summed E-state index contributed by atoms with van der Waals surface area (Å²) in [6.07, 6.45) is 2.62. The molecule has 0 saturated carbocycles. The van der Waals surface area contributed by atoms with Crippen LogP contribution in [0.3, 0.4) is 0 Å². The summed E-state index contributed by atoms with van der Waals surface area (Å²) in [5.41, 5.74) is 1.12. The zero-order valence-corrected chi connectivity index (χ0v) is 15.7. The molecule has 1 heterocycles. The standard InChI is InChI=1S/C18H28N6O2/c1-4-17-23-22-14-24(17)11-9-19-18(20-10-12-25-2)21-13-15-5-7-16(26-3)8-6-15/h5-8,14H,4,9-13H2,1-3H3,(H2,19,20,21). The molecule has 2 rings (SSSR count). The van der Waals surface area contributed by atoms with Crippen LogP contribution in [0.25, 0.3) is 0 Å². The normalized spacial score (nSPS) is 11.4. The molecule has 0 spiro atoms. The Kier molecular flexibility index (Phi) is 8.41. The van der Waals surface area contributed by atoms with Crippen LogP contribution in [0.1, 0.15) is 18.3 Å². The molecule has 0 bridgehead atoms. The Morgan fingerprint density at radius 3 is 2.62 bits per heavy atom. The van der Waals surface area contributed by atoms with E-state index in [0.717, 1.165) is 42.6 Å². The third kappa shape index (κ3) is 6.36. The third-order valence-corrected chi connectivity index (χ3v) is 3.83. The number of aryl methyl sites for hydroxylation is 1. The summed E-state index contributed by atoms with van der Waals surface area (Å²) in [6.45, 7) is 5.48. The highest BCUT2D eigenvalue weighted by molar-refractivity contribution is 5.79. The average Bonchev–Trinajstić information content (AvgIpc) is 3.13. The number of hydrogen-bond donors (Lipinski definition) is 2. The van der Waals surface area contributed by atoms with Gasteiger partial charge in [-0.3, -0.25) is 0 Å². The van der Waals surface area contributed by atoms with Crippen molar-refractivity contribution < 1.29 is 9.47 Å². The van der Waals surface area contributed by atoms with E-state index in [0.29, 0.717) is 19.7 Å². The predicted octanol–water partition coefficient (Wildman–Crippen LogP) is 1.23. The van der Waals surface area contributed by atoms with Crippen LogP contribution in [0.5, 0.6) is 5.75 Å². The lowest BCUT2D eigenvalue weighted by molar-refractivity contribution is 0.203. The van der Waals surface area contributed by atoms with E-state index in [1.54, 1.807) is 20.5 Å². The summed E-state index contributed by atoms with van der Waals surface area (Å²) in [6, 6.07) is 7.91. The fourth-order valence-corrected chi connectivity index (χ4v) is 2.38. The first-order chi connectivity index (χ1) is 12.8. The summed E-state index contributed by atoms with van der Waals surface area (Å²) in [4.78, 5) is 4.64. The molecule has 0 radical (unpaired) electrons. The number of guanidine groups is 1. The number of benzene rings is 1. The number of nitrogens with one attached hydrogen (secondary N) is 2. The molecule has 1 aromatic carbocycles. The molecule has 8 nitrogen and oxygen atoms in total. The zero-order chi connectivity index (χ0) is 18.6. The molecule has 2 N–H and O–H groups in total. The van der Waals surface area contributed by atoms with Crippen LogP contribution in [-0.4, -0.2) is 54.6 Å². The molecule has 0 aliphatic heterocycles. The van der Waals surface area contributed by atoms with Crippen molar-refractivity contribution in [3.05, 3.63) is 42.0 Å². The Hall–Kier alpha value is -2.61. The van der Waals surface area contributed by atoms with Gasteiger partial charge in [-0.2, -0.15) is 0 Å². The molecule has 0 atom stereocenters. The quantitative estimate of drug-likeness (QED) is 0.377. The highest BCUT2D eigenvalue weighted by Crippen LogP contribution is 2.11. The fourth-order valence-electron chi connectivity index (χ4n) is 2.38. The van der Waals surface area contributed by atoms with Crippen molar-refractivity contribution in [2.24, 2.45) is 4.99 Å². The number of methoxy groups -OCH3 is 2. The number of nitrogens with zero attached hydrogens (tertiary/aromatic N) is 4. The molecular formula is C18H28N6O2. The van der Waals surface area contributed by atoms with Crippen molar-refractivity contribution in [1.29, 1.82) is 0 Å². The first-order valence-corrected chi connectivity index (χ1v) is 8.77. The monoisotopic (exact) mass is 360 g/mol. The Bertz CT molecular complexity index is 669. The van der Waals surface area contributed by atoms with Gasteiger partial charge in [0.2, 0.25) is 0 Å². The molecule has 0 fully saturated rings. The van der Waals surface area contributed by atoms with Crippen molar-refractivity contribution in [3.63, 3.8) is 0 Å². The van der Waals surface area contributed by atoms with E-state index >= 15 is 0 Å². The number of ether oxygens (including phenoxy) is 2. The van der Waals surface area contributed by atoms with Crippen molar-refractivity contribution >= 4 is 5.96 Å². The molecule has 0 aliphatic carbocycles. The molecule has 0 saturated heterocycles. The molecule has 0 amide bonds. The highest BCUT2D eigenvalue weighted by Gasteiger charge is 2.03. The topological polar surface area (TPSA) is 85.6 Å². The van der Waals surface area contributed by atoms with E-state index in [4.69, 9.17) is 9.47 Å². The van der Waals surface area contributed by atoms with E-state index < -0.39 is 0 Å². The first-order valence-electron chi connectivity index (χ1n) is 8.77. The van der Waals surface area contributed by atoms with Gasteiger partial charge in [0.05, 0.1) is 20.3 Å². The van der Waals surface area contributed by atoms with Gasteiger partial charge in [0.1, 0.15) is 17.9 Å². The minimum atomic E-state index is 0.582. The second kappa shape index (κ2) is 11.1. The van der Waals surface area contributed by atoms with Gasteiger partial charge < -0.3 is 24.7 Å². The van der Waals surface area contributed by atoms with Gasteiger partial charge in [0.25, 0.3) is 0 Å². The maximum atomic E-state index is 5.18. The van der Waals surface area contributed by atoms with Crippen LogP contribution >= 0.6 is 0 Å². The minimum Gasteiger partial charge on any atom is -0.497 e. The lowest BCUT2D eigenvalue weighted by Crippen LogP contribution is -2.40. The molecule has 2 aromatic rings. The van der Waals surface area contributed by atoms with Crippen LogP contribution < -0.4 is 15.4 Å². The van der Waals surface area contributed by atoms with Gasteiger partial charge in [0, 0.05) is 33.2 Å². The first kappa shape index (κ1) is 19.7. The molecule has 8 heteroatoms. The smallest absolute Gasteiger partial charge is 0.191 e. The average molecular weight is 360 g/mol. The summed E-state index contributed by atoms with van der Waals surface area (Å²) in [7, 11) is 3.34. The van der Waals surface area contributed by atoms with Gasteiger partial charge in [-0.15, -0.1) is 10.2 Å². The molecule has 1 aromatic heterocycles. The maximum Gasteiger partial charge on any atom is 0.191 e. The van der Waals surface area contributed by atoms with Crippen molar-refractivity contribution in [2.45, 2.75) is 26.4 Å². The molecular weight excluding hydrogens is 332 g/mol. The summed E-state index contributed by atoms with van der Waals surface area (Å²) < 4.78 is 12.3. The van der Waals surface area contributed by atoms with E-state index in [9.17, 15) is 0 Å². The van der Waals surface area contributed by atoms with Crippen LogP contribution in [0, 0.1) is 0 Å². The number of rotatable bonds is 10. The lowest BCUT2D eigenvalue weighted by Gasteiger charge is -2.13. The van der Waals surface area contributed by atoms with Crippen LogP contribution in [0.4, 0.5) is 0 Å². The van der Waals surface area contributed by atoms with Gasteiger partial charge in [0.15, 0.2) is 5.96 Å². The molecule has 26 heavy (non-hydrogen) atoms. The van der Waals surface area contributed by atoms with Gasteiger partial charge >= 0.3 is 0 Å². The number of hydrogen-bond acceptors (Lipinski definition) is 5. The van der Waals surface area contributed by atoms with Crippen LogP contribution in [0.2, 0.25) is 0 Å². The second-order valence-corrected chi connectivity index (χ2v) is 5.65. The Labute approximate surface area is 154 Å². The van der Waals surface area contributed by atoms with Crippen LogP contribution in [-0.2, 0) is 24.2 Å². The van der Waals surface area contributed by atoms with E-state index in [2.05, 4.69) is 32.7 Å². The Morgan fingerprint density at radius 1 is 1.15 bits per heavy atom. The summed E-state index contributed by atoms with van der Waals surface area (Å²) in [5, 5.41) is 14.7. The maximum absolute atomic E-state index is 5.18. The Balaban J connectivity index is 1.90. The number of aliphatic imine (C=N–C) groups is 1. The summed E-state index contributed by atoms with van der Waals surface area (Å²) in [5.74, 6) is 2.58. The van der Waals surface area contributed by atoms with E-state index in [-0.39, 0.29) is 0 Å². The third-order valence-electron chi connectivity index (χ3n) is 3.83. The van der Waals surface area contributed by atoms with Crippen molar-refractivity contribution in [1.82, 2.24) is 25.4 Å². The van der Waals surface area contributed by atoms with E-state index in [1.165, 1.54) is 0 Å². The summed E-state index contributed by atoms with van der Waals surface area (Å²) >= 11 is 0. The Morgan fingerprint density at radius 2 is 1.92 bits per heavy atom. The lowest BCUT2D eigenvalue weighted by atomic mass is 10.2. The SMILES string of the molecule is CCc1nncn1CCNC(=NCc1ccc(OC)cc1)NCCOC. The highest BCUT2D eigenvalue weighted by atomic mass is 16.5. The molecule has 142 valence electrons. The largest absolute Gasteiger partial charge is 0.497 e. The molecule has 0 aliphatic rings. The zero-order valence-electron chi connectivity index (χ0n) is 15.7. The van der Waals surface area contributed by atoms with Crippen molar-refractivity contribution in [2.75, 3.05) is 33.9 Å². The van der Waals surface area contributed by atoms with Gasteiger partial charge in [-0.1, -0.05) is 19.1 Å². The fraction of sp³-hybridized carbons (Fsp3) is 0.500. The minimum absolute atomic E-state index is 0.582.